The highest BCUT2D eigenvalue weighted by atomic mass is 19.4. The van der Waals surface area contributed by atoms with Crippen LogP contribution in [0.2, 0.25) is 0 Å². The van der Waals surface area contributed by atoms with Gasteiger partial charge in [-0.2, -0.15) is 13.2 Å². The molecule has 4 heteroatoms. The molecule has 176 valence electrons. The van der Waals surface area contributed by atoms with Gasteiger partial charge in [-0.25, -0.2) is 4.39 Å². The van der Waals surface area contributed by atoms with Crippen LogP contribution in [0.3, 0.4) is 0 Å². The van der Waals surface area contributed by atoms with Crippen LogP contribution in [-0.4, -0.2) is 0 Å². The summed E-state index contributed by atoms with van der Waals surface area (Å²) in [5.74, 6) is 1.77. The van der Waals surface area contributed by atoms with Gasteiger partial charge in [0.1, 0.15) is 5.82 Å². The molecular weight excluding hydrogens is 412 g/mol. The Kier molecular flexibility index (Phi) is 7.47. The molecule has 32 heavy (non-hydrogen) atoms. The summed E-state index contributed by atoms with van der Waals surface area (Å²) < 4.78 is 53.1. The summed E-state index contributed by atoms with van der Waals surface area (Å²) in [6.07, 6.45) is 11.2. The van der Waals surface area contributed by atoms with Gasteiger partial charge in [0.15, 0.2) is 0 Å². The third-order valence-corrected chi connectivity index (χ3v) is 8.16. The fourth-order valence-corrected chi connectivity index (χ4v) is 6.35. The number of hydrogen-bond donors (Lipinski definition) is 0. The quantitative estimate of drug-likeness (QED) is 0.292. The molecule has 2 unspecified atom stereocenters. The molecule has 0 amide bonds. The average Bonchev–Trinajstić information content (AvgIpc) is 2.77. The van der Waals surface area contributed by atoms with E-state index in [1.54, 1.807) is 6.07 Å². The maximum absolute atomic E-state index is 14.1. The number of fused-ring (bicyclic) bond motifs is 2. The van der Waals surface area contributed by atoms with Crippen molar-refractivity contribution < 1.29 is 17.6 Å². The topological polar surface area (TPSA) is 0 Å². The fraction of sp³-hybridized carbons (Fsp3) is 0.643. The summed E-state index contributed by atoms with van der Waals surface area (Å²) in [7, 11) is 0. The predicted octanol–water partition coefficient (Wildman–Crippen LogP) is 9.66. The molecule has 0 aromatic heterocycles. The predicted molar refractivity (Wildman–Crippen MR) is 123 cm³/mol. The highest BCUT2D eigenvalue weighted by Gasteiger charge is 2.36. The molecule has 0 aliphatic heterocycles. The van der Waals surface area contributed by atoms with Crippen LogP contribution >= 0.6 is 0 Å². The molecule has 4 rings (SSSR count). The monoisotopic (exact) mass is 448 g/mol. The van der Waals surface area contributed by atoms with Gasteiger partial charge in [0.2, 0.25) is 0 Å². The largest absolute Gasteiger partial charge is 0.419 e. The molecule has 2 saturated carbocycles. The van der Waals surface area contributed by atoms with Gasteiger partial charge in [0.25, 0.3) is 0 Å². The summed E-state index contributed by atoms with van der Waals surface area (Å²) in [6, 6.07) is 7.62. The lowest BCUT2D eigenvalue weighted by Gasteiger charge is -2.42. The average molecular weight is 449 g/mol. The molecule has 0 saturated heterocycles. The first-order valence-electron chi connectivity index (χ1n) is 12.7. The third-order valence-electron chi connectivity index (χ3n) is 8.16. The van der Waals surface area contributed by atoms with E-state index in [4.69, 9.17) is 0 Å². The van der Waals surface area contributed by atoms with Crippen LogP contribution in [0, 0.1) is 23.6 Å². The van der Waals surface area contributed by atoms with Gasteiger partial charge in [-0.3, -0.25) is 0 Å². The number of unbranched alkanes of at least 4 members (excludes halogenated alkanes) is 4. The smallest absolute Gasteiger partial charge is 0.206 e. The highest BCUT2D eigenvalue weighted by Crippen LogP contribution is 2.48. The van der Waals surface area contributed by atoms with Gasteiger partial charge in [-0.1, -0.05) is 70.1 Å². The third kappa shape index (κ3) is 5.48. The molecule has 2 aromatic carbocycles. The summed E-state index contributed by atoms with van der Waals surface area (Å²) in [4.78, 5) is 0. The molecule has 2 aliphatic rings. The minimum Gasteiger partial charge on any atom is -0.206 e. The molecule has 2 aromatic rings. The van der Waals surface area contributed by atoms with E-state index in [0.29, 0.717) is 16.7 Å². The Balaban J connectivity index is 1.36. The van der Waals surface area contributed by atoms with E-state index < -0.39 is 17.6 Å². The van der Waals surface area contributed by atoms with E-state index in [-0.39, 0.29) is 0 Å². The number of rotatable bonds is 7. The zero-order valence-electron chi connectivity index (χ0n) is 19.2. The van der Waals surface area contributed by atoms with Gasteiger partial charge in [0.05, 0.1) is 5.56 Å². The molecule has 0 spiro atoms. The molecule has 4 atom stereocenters. The van der Waals surface area contributed by atoms with Gasteiger partial charge in [-0.15, -0.1) is 0 Å². The van der Waals surface area contributed by atoms with Crippen molar-refractivity contribution >= 4 is 10.8 Å². The van der Waals surface area contributed by atoms with E-state index in [0.717, 1.165) is 41.9 Å². The molecule has 2 aliphatic carbocycles. The van der Waals surface area contributed by atoms with E-state index in [1.807, 2.05) is 12.1 Å². The van der Waals surface area contributed by atoms with Crippen molar-refractivity contribution in [1.82, 2.24) is 0 Å². The lowest BCUT2D eigenvalue weighted by Crippen LogP contribution is -2.30. The minimum absolute atomic E-state index is 0.441. The van der Waals surface area contributed by atoms with Crippen LogP contribution in [-0.2, 0) is 6.18 Å². The first-order valence-corrected chi connectivity index (χ1v) is 12.7. The van der Waals surface area contributed by atoms with Crippen LogP contribution in [0.5, 0.6) is 0 Å². The zero-order chi connectivity index (χ0) is 22.7. The maximum Gasteiger partial charge on any atom is 0.419 e. The Morgan fingerprint density at radius 2 is 1.56 bits per heavy atom. The van der Waals surface area contributed by atoms with Crippen molar-refractivity contribution in [2.45, 2.75) is 96.1 Å². The number of halogens is 4. The second kappa shape index (κ2) is 10.1. The van der Waals surface area contributed by atoms with E-state index in [1.165, 1.54) is 70.6 Å². The molecule has 0 heterocycles. The Hall–Kier alpha value is -1.58. The van der Waals surface area contributed by atoms with Crippen LogP contribution in [0.1, 0.15) is 101 Å². The van der Waals surface area contributed by atoms with E-state index >= 15 is 0 Å². The van der Waals surface area contributed by atoms with Crippen molar-refractivity contribution in [2.24, 2.45) is 17.8 Å². The Bertz CT molecular complexity index is 900. The van der Waals surface area contributed by atoms with Crippen molar-refractivity contribution in [3.8, 4) is 0 Å². The Labute approximate surface area is 189 Å². The lowest BCUT2D eigenvalue weighted by molar-refractivity contribution is -0.139. The summed E-state index contributed by atoms with van der Waals surface area (Å²) in [5, 5.41) is 1.03. The Morgan fingerprint density at radius 3 is 2.34 bits per heavy atom. The van der Waals surface area contributed by atoms with Crippen LogP contribution < -0.4 is 0 Å². The molecule has 0 nitrogen and oxygen atoms in total. The van der Waals surface area contributed by atoms with E-state index in [2.05, 4.69) is 6.92 Å². The fourth-order valence-electron chi connectivity index (χ4n) is 6.35. The van der Waals surface area contributed by atoms with Crippen LogP contribution in [0.25, 0.3) is 10.8 Å². The van der Waals surface area contributed by atoms with Gasteiger partial charge < -0.3 is 0 Å². The molecule has 2 fully saturated rings. The molecule has 0 N–H and O–H groups in total. The second-order valence-corrected chi connectivity index (χ2v) is 10.3. The molecule has 0 bridgehead atoms. The standard InChI is InChI=1S/C28H36F4/c1-2-3-4-5-6-7-19-8-9-21-15-22(11-10-20(21)14-19)23-12-13-24-17-26(28(30,31)32)27(29)18-25(24)16-23/h12-13,16-22H,2-11,14-15H2,1H3/t19-,20?,21-,22?/m1/s1. The lowest BCUT2D eigenvalue weighted by atomic mass is 9.63. The summed E-state index contributed by atoms with van der Waals surface area (Å²) in [6.45, 7) is 2.26. The molecule has 0 radical (unpaired) electrons. The second-order valence-electron chi connectivity index (χ2n) is 10.3. The van der Waals surface area contributed by atoms with Gasteiger partial charge in [-0.05, 0) is 84.2 Å². The Morgan fingerprint density at radius 1 is 0.812 bits per heavy atom. The van der Waals surface area contributed by atoms with Crippen molar-refractivity contribution in [3.05, 3.63) is 47.3 Å². The van der Waals surface area contributed by atoms with Crippen molar-refractivity contribution in [2.75, 3.05) is 0 Å². The molecular formula is C28H36F4. The minimum atomic E-state index is -4.66. The first kappa shape index (κ1) is 23.6. The van der Waals surface area contributed by atoms with Gasteiger partial charge in [0, 0.05) is 0 Å². The summed E-state index contributed by atoms with van der Waals surface area (Å²) in [5.41, 5.74) is -0.0199. The zero-order valence-corrected chi connectivity index (χ0v) is 19.2. The maximum atomic E-state index is 14.1. The number of alkyl halides is 3. The van der Waals surface area contributed by atoms with Crippen molar-refractivity contribution in [1.29, 1.82) is 0 Å². The number of benzene rings is 2. The van der Waals surface area contributed by atoms with Crippen LogP contribution in [0.4, 0.5) is 17.6 Å². The normalized spacial score (nSPS) is 26.3. The summed E-state index contributed by atoms with van der Waals surface area (Å²) >= 11 is 0. The highest BCUT2D eigenvalue weighted by molar-refractivity contribution is 5.84. The SMILES string of the molecule is CCCCCCC[C@@H]1CC[C@@H]2CC(c3ccc4cc(C(F)(F)F)c(F)cc4c3)CCC2C1. The van der Waals surface area contributed by atoms with Gasteiger partial charge >= 0.3 is 6.18 Å². The first-order chi connectivity index (χ1) is 15.3. The van der Waals surface area contributed by atoms with Crippen LogP contribution in [0.15, 0.2) is 30.3 Å². The number of hydrogen-bond acceptors (Lipinski definition) is 0. The van der Waals surface area contributed by atoms with E-state index in [9.17, 15) is 17.6 Å². The van der Waals surface area contributed by atoms with Crippen molar-refractivity contribution in [3.63, 3.8) is 0 Å².